The van der Waals surface area contributed by atoms with Crippen molar-refractivity contribution < 1.29 is 9.53 Å². The van der Waals surface area contributed by atoms with Crippen LogP contribution in [0.5, 0.6) is 5.75 Å². The van der Waals surface area contributed by atoms with Crippen molar-refractivity contribution >= 4 is 5.78 Å². The number of pyridine rings is 1. The lowest BCUT2D eigenvalue weighted by Crippen LogP contribution is -2.23. The minimum absolute atomic E-state index is 0.0944. The Morgan fingerprint density at radius 3 is 2.71 bits per heavy atom. The van der Waals surface area contributed by atoms with Crippen LogP contribution in [0.3, 0.4) is 0 Å². The smallest absolute Gasteiger partial charge is 0.167 e. The molecule has 1 aromatic carbocycles. The first-order chi connectivity index (χ1) is 10.1. The van der Waals surface area contributed by atoms with Gasteiger partial charge < -0.3 is 4.74 Å². The Bertz CT molecular complexity index is 693. The van der Waals surface area contributed by atoms with Crippen LogP contribution in [0.2, 0.25) is 0 Å². The van der Waals surface area contributed by atoms with Gasteiger partial charge in [-0.15, -0.1) is 0 Å². The van der Waals surface area contributed by atoms with E-state index in [-0.39, 0.29) is 11.7 Å². The monoisotopic (exact) mass is 281 g/mol. The van der Waals surface area contributed by atoms with Gasteiger partial charge in [-0.25, -0.2) is 0 Å². The molecule has 3 heteroatoms. The molecule has 2 unspecified atom stereocenters. The van der Waals surface area contributed by atoms with Crippen molar-refractivity contribution in [3.8, 4) is 17.0 Å². The van der Waals surface area contributed by atoms with Crippen molar-refractivity contribution in [3.05, 3.63) is 47.7 Å². The summed E-state index contributed by atoms with van der Waals surface area (Å²) < 4.78 is 5.26. The molecule has 1 aromatic heterocycles. The molecule has 0 saturated carbocycles. The van der Waals surface area contributed by atoms with Crippen LogP contribution in [-0.2, 0) is 0 Å². The molecule has 2 atom stereocenters. The van der Waals surface area contributed by atoms with E-state index in [4.69, 9.17) is 9.72 Å². The summed E-state index contributed by atoms with van der Waals surface area (Å²) in [5, 5.41) is 0. The minimum Gasteiger partial charge on any atom is -0.497 e. The number of Topliss-reactive ketones (excluding diaryl/α,β-unsaturated/α-hetero) is 1. The number of benzene rings is 1. The van der Waals surface area contributed by atoms with Crippen LogP contribution >= 0.6 is 0 Å². The molecule has 3 nitrogen and oxygen atoms in total. The van der Waals surface area contributed by atoms with Crippen molar-refractivity contribution in [1.29, 1.82) is 0 Å². The molecule has 1 heterocycles. The second-order valence-corrected chi connectivity index (χ2v) is 5.76. The molecule has 21 heavy (non-hydrogen) atoms. The van der Waals surface area contributed by atoms with E-state index in [9.17, 15) is 4.79 Å². The Hall–Kier alpha value is -2.16. The summed E-state index contributed by atoms with van der Waals surface area (Å²) >= 11 is 0. The van der Waals surface area contributed by atoms with Gasteiger partial charge in [0.2, 0.25) is 0 Å². The number of ether oxygens (including phenoxy) is 1. The normalized spacial score (nSPS) is 21.0. The van der Waals surface area contributed by atoms with E-state index < -0.39 is 0 Å². The Balaban J connectivity index is 2.07. The zero-order valence-corrected chi connectivity index (χ0v) is 12.6. The van der Waals surface area contributed by atoms with Crippen molar-refractivity contribution in [2.75, 3.05) is 7.11 Å². The summed E-state index contributed by atoms with van der Waals surface area (Å²) in [4.78, 5) is 17.0. The average molecular weight is 281 g/mol. The quantitative estimate of drug-likeness (QED) is 0.832. The predicted molar refractivity (Wildman–Crippen MR) is 82.8 cm³/mol. The van der Waals surface area contributed by atoms with Crippen LogP contribution in [-0.4, -0.2) is 17.9 Å². The van der Waals surface area contributed by atoms with Gasteiger partial charge in [0.1, 0.15) is 5.75 Å². The number of aromatic nitrogens is 1. The molecule has 3 rings (SSSR count). The largest absolute Gasteiger partial charge is 0.497 e. The van der Waals surface area contributed by atoms with E-state index in [1.807, 2.05) is 43.3 Å². The maximum Gasteiger partial charge on any atom is 0.167 e. The van der Waals surface area contributed by atoms with E-state index in [1.54, 1.807) is 7.11 Å². The zero-order chi connectivity index (χ0) is 15.0. The van der Waals surface area contributed by atoms with Gasteiger partial charge >= 0.3 is 0 Å². The van der Waals surface area contributed by atoms with Crippen molar-refractivity contribution in [2.24, 2.45) is 5.92 Å². The molecule has 0 fully saturated rings. The highest BCUT2D eigenvalue weighted by molar-refractivity contribution is 6.00. The topological polar surface area (TPSA) is 39.2 Å². The molecule has 0 N–H and O–H groups in total. The molecule has 1 aliphatic carbocycles. The van der Waals surface area contributed by atoms with Gasteiger partial charge in [-0.1, -0.05) is 26.0 Å². The first-order valence-electron chi connectivity index (χ1n) is 7.29. The lowest BCUT2D eigenvalue weighted by Gasteiger charge is -2.25. The summed E-state index contributed by atoms with van der Waals surface area (Å²) in [6.45, 7) is 4.14. The molecular formula is C18H19NO2. The average Bonchev–Trinajstić information content (AvgIpc) is 2.52. The lowest BCUT2D eigenvalue weighted by molar-refractivity contribution is 0.0905. The second-order valence-electron chi connectivity index (χ2n) is 5.76. The van der Waals surface area contributed by atoms with Gasteiger partial charge in [0.25, 0.3) is 0 Å². The fraction of sp³-hybridized carbons (Fsp3) is 0.333. The highest BCUT2D eigenvalue weighted by atomic mass is 16.5. The number of ketones is 1. The van der Waals surface area contributed by atoms with Crippen LogP contribution in [0, 0.1) is 5.92 Å². The molecule has 108 valence electrons. The van der Waals surface area contributed by atoms with E-state index in [1.165, 1.54) is 0 Å². The fourth-order valence-electron chi connectivity index (χ4n) is 3.02. The Morgan fingerprint density at radius 1 is 1.14 bits per heavy atom. The highest BCUT2D eigenvalue weighted by Gasteiger charge is 2.29. The number of carbonyl (C=O) groups excluding carboxylic acids is 1. The van der Waals surface area contributed by atoms with Crippen LogP contribution in [0.1, 0.15) is 42.2 Å². The second kappa shape index (κ2) is 5.32. The molecular weight excluding hydrogens is 262 g/mol. The summed E-state index contributed by atoms with van der Waals surface area (Å²) in [5.41, 5.74) is 3.61. The number of carbonyl (C=O) groups is 1. The maximum absolute atomic E-state index is 12.3. The van der Waals surface area contributed by atoms with Crippen LogP contribution in [0.4, 0.5) is 0 Å². The molecule has 0 radical (unpaired) electrons. The molecule has 0 amide bonds. The third-order valence-corrected chi connectivity index (χ3v) is 4.18. The molecule has 0 saturated heterocycles. The third-order valence-electron chi connectivity index (χ3n) is 4.18. The Kier molecular flexibility index (Phi) is 3.50. The van der Waals surface area contributed by atoms with Crippen molar-refractivity contribution in [3.63, 3.8) is 0 Å². The van der Waals surface area contributed by atoms with Crippen LogP contribution in [0.15, 0.2) is 36.4 Å². The first-order valence-corrected chi connectivity index (χ1v) is 7.29. The van der Waals surface area contributed by atoms with Gasteiger partial charge in [-0.3, -0.25) is 9.78 Å². The third kappa shape index (κ3) is 2.44. The van der Waals surface area contributed by atoms with Crippen LogP contribution in [0.25, 0.3) is 11.3 Å². The maximum atomic E-state index is 12.3. The SMILES string of the molecule is COc1cccc(-c2ccc3c(n2)C(C)CC(C)C3=O)c1. The van der Waals surface area contributed by atoms with E-state index in [0.717, 1.165) is 34.7 Å². The first kappa shape index (κ1) is 13.8. The van der Waals surface area contributed by atoms with E-state index in [2.05, 4.69) is 6.92 Å². The summed E-state index contributed by atoms with van der Waals surface area (Å²) in [5.74, 6) is 1.44. The van der Waals surface area contributed by atoms with Gasteiger partial charge in [-0.05, 0) is 36.6 Å². The van der Waals surface area contributed by atoms with Crippen molar-refractivity contribution in [1.82, 2.24) is 4.98 Å². The van der Waals surface area contributed by atoms with Gasteiger partial charge in [-0.2, -0.15) is 0 Å². The van der Waals surface area contributed by atoms with E-state index >= 15 is 0 Å². The van der Waals surface area contributed by atoms with E-state index in [0.29, 0.717) is 5.92 Å². The van der Waals surface area contributed by atoms with Gasteiger partial charge in [0.15, 0.2) is 5.78 Å². The number of hydrogen-bond acceptors (Lipinski definition) is 3. The predicted octanol–water partition coefficient (Wildman–Crippen LogP) is 4.08. The highest BCUT2D eigenvalue weighted by Crippen LogP contribution is 2.34. The number of methoxy groups -OCH3 is 1. The molecule has 0 spiro atoms. The van der Waals surface area contributed by atoms with Gasteiger partial charge in [0, 0.05) is 17.0 Å². The zero-order valence-electron chi connectivity index (χ0n) is 12.6. The number of hydrogen-bond donors (Lipinski definition) is 0. The molecule has 2 aromatic rings. The molecule has 0 aliphatic heterocycles. The summed E-state index contributed by atoms with van der Waals surface area (Å²) in [7, 11) is 1.65. The fourth-order valence-corrected chi connectivity index (χ4v) is 3.02. The summed E-state index contributed by atoms with van der Waals surface area (Å²) in [6.07, 6.45) is 0.875. The summed E-state index contributed by atoms with van der Waals surface area (Å²) in [6, 6.07) is 11.7. The Labute approximate surface area is 125 Å². The van der Waals surface area contributed by atoms with Crippen LogP contribution < -0.4 is 4.74 Å². The minimum atomic E-state index is 0.0944. The standard InChI is InChI=1S/C18H19NO2/c1-11-9-12(2)18(20)15-7-8-16(19-17(11)15)13-5-4-6-14(10-13)21-3/h4-8,10-12H,9H2,1-3H3. The molecule has 1 aliphatic rings. The molecule has 0 bridgehead atoms. The number of rotatable bonds is 2. The Morgan fingerprint density at radius 2 is 1.95 bits per heavy atom. The number of fused-ring (bicyclic) bond motifs is 1. The number of nitrogens with zero attached hydrogens (tertiary/aromatic N) is 1. The van der Waals surface area contributed by atoms with Crippen molar-refractivity contribution in [2.45, 2.75) is 26.2 Å². The lowest BCUT2D eigenvalue weighted by atomic mass is 9.80. The van der Waals surface area contributed by atoms with Gasteiger partial charge in [0.05, 0.1) is 18.5 Å².